The smallest absolute Gasteiger partial charge is 0.315 e. The second-order valence-electron chi connectivity index (χ2n) is 9.10. The second-order valence-corrected chi connectivity index (χ2v) is 10.5. The van der Waals surface area contributed by atoms with Crippen molar-refractivity contribution in [2.75, 3.05) is 32.3 Å². The Balaban J connectivity index is 1.72. The first-order valence-electron chi connectivity index (χ1n) is 12.4. The van der Waals surface area contributed by atoms with E-state index < -0.39 is 23.6 Å². The van der Waals surface area contributed by atoms with Gasteiger partial charge in [0.15, 0.2) is 17.3 Å². The Morgan fingerprint density at radius 2 is 1.86 bits per heavy atom. The number of benzene rings is 2. The highest BCUT2D eigenvalue weighted by Gasteiger charge is 2.45. The molecule has 6 nitrogen and oxygen atoms in total. The number of hydrogen-bond acceptors (Lipinski definition) is 7. The molecule has 1 heterocycles. The average Bonchev–Trinajstić information content (AvgIpc) is 2.90. The molecule has 0 radical (unpaired) electrons. The van der Waals surface area contributed by atoms with Crippen LogP contribution in [0, 0.1) is 11.7 Å². The number of rotatable bonds is 9. The van der Waals surface area contributed by atoms with Crippen LogP contribution in [0.4, 0.5) is 4.39 Å². The van der Waals surface area contributed by atoms with E-state index in [-0.39, 0.29) is 24.7 Å². The summed E-state index contributed by atoms with van der Waals surface area (Å²) in [5.41, 5.74) is 2.79. The van der Waals surface area contributed by atoms with Gasteiger partial charge in [0.2, 0.25) is 0 Å². The Labute approximate surface area is 221 Å². The topological polar surface area (TPSA) is 74.2 Å². The van der Waals surface area contributed by atoms with Crippen LogP contribution >= 0.6 is 11.8 Å². The molecule has 3 atom stereocenters. The van der Waals surface area contributed by atoms with Crippen LogP contribution in [0.15, 0.2) is 58.7 Å². The van der Waals surface area contributed by atoms with Crippen molar-refractivity contribution in [1.82, 2.24) is 0 Å². The molecule has 0 bridgehead atoms. The molecule has 4 rings (SSSR count). The first kappa shape index (κ1) is 26.9. The maximum absolute atomic E-state index is 15.1. The monoisotopic (exact) mass is 525 g/mol. The number of Topliss-reactive ketones (excluding diaryl/α,β-unsaturated/α-hetero) is 1. The van der Waals surface area contributed by atoms with E-state index >= 15 is 4.39 Å². The van der Waals surface area contributed by atoms with Gasteiger partial charge >= 0.3 is 5.97 Å². The fourth-order valence-electron chi connectivity index (χ4n) is 5.21. The lowest BCUT2D eigenvalue weighted by molar-refractivity contribution is -0.145. The molecular formula is C29H32FNO5S. The maximum Gasteiger partial charge on any atom is 0.315 e. The van der Waals surface area contributed by atoms with Gasteiger partial charge in [0.05, 0.1) is 14.2 Å². The van der Waals surface area contributed by atoms with Gasteiger partial charge in [-0.2, -0.15) is 11.8 Å². The number of hydrogen-bond donors (Lipinski definition) is 0. The first-order chi connectivity index (χ1) is 17.9. The molecule has 37 heavy (non-hydrogen) atoms. The molecule has 0 saturated carbocycles. The molecule has 0 N–H and O–H groups in total. The van der Waals surface area contributed by atoms with Gasteiger partial charge in [-0.15, -0.1) is 0 Å². The molecular weight excluding hydrogens is 493 g/mol. The predicted octanol–water partition coefficient (Wildman–Crippen LogP) is 5.71. The quantitative estimate of drug-likeness (QED) is 0.308. The number of ketones is 1. The Hall–Kier alpha value is -3.13. The van der Waals surface area contributed by atoms with E-state index in [0.717, 1.165) is 11.3 Å². The summed E-state index contributed by atoms with van der Waals surface area (Å²) in [6.07, 6.45) is 0.719. The number of esters is 1. The fourth-order valence-corrected chi connectivity index (χ4v) is 5.70. The van der Waals surface area contributed by atoms with Crippen LogP contribution in [0.2, 0.25) is 0 Å². The van der Waals surface area contributed by atoms with Crippen LogP contribution < -0.4 is 9.47 Å². The number of carbonyl (C=O) groups excluding carboxylic acids is 2. The highest BCUT2D eigenvalue weighted by Crippen LogP contribution is 2.48. The zero-order valence-electron chi connectivity index (χ0n) is 21.6. The summed E-state index contributed by atoms with van der Waals surface area (Å²) in [6, 6.07) is 11.9. The molecule has 0 aromatic heterocycles. The Kier molecular flexibility index (Phi) is 8.69. The van der Waals surface area contributed by atoms with E-state index in [1.54, 1.807) is 51.1 Å². The Bertz CT molecular complexity index is 1240. The predicted molar refractivity (Wildman–Crippen MR) is 143 cm³/mol. The van der Waals surface area contributed by atoms with Crippen LogP contribution in [-0.4, -0.2) is 49.8 Å². The summed E-state index contributed by atoms with van der Waals surface area (Å²) < 4.78 is 31.5. The highest BCUT2D eigenvalue weighted by molar-refractivity contribution is 7.99. The van der Waals surface area contributed by atoms with E-state index in [1.165, 1.54) is 6.07 Å². The second kappa shape index (κ2) is 11.9. The fraction of sp³-hybridized carbons (Fsp3) is 0.414. The lowest BCUT2D eigenvalue weighted by Crippen LogP contribution is -2.38. The van der Waals surface area contributed by atoms with E-state index in [4.69, 9.17) is 19.2 Å². The van der Waals surface area contributed by atoms with Crippen molar-refractivity contribution < 1.29 is 28.2 Å². The molecule has 196 valence electrons. The van der Waals surface area contributed by atoms with Crippen molar-refractivity contribution in [3.05, 3.63) is 70.7 Å². The van der Waals surface area contributed by atoms with Gasteiger partial charge in [0, 0.05) is 35.1 Å². The van der Waals surface area contributed by atoms with Gasteiger partial charge < -0.3 is 14.2 Å². The minimum atomic E-state index is -0.858. The van der Waals surface area contributed by atoms with Crippen molar-refractivity contribution in [1.29, 1.82) is 0 Å². The van der Waals surface area contributed by atoms with E-state index in [9.17, 15) is 9.59 Å². The number of methoxy groups -OCH3 is 2. The minimum absolute atomic E-state index is 0.126. The van der Waals surface area contributed by atoms with E-state index in [2.05, 4.69) is 0 Å². The molecule has 0 amide bonds. The molecule has 0 saturated heterocycles. The van der Waals surface area contributed by atoms with Gasteiger partial charge in [-0.1, -0.05) is 31.2 Å². The number of carbonyl (C=O) groups is 2. The number of ether oxygens (including phenoxy) is 3. The van der Waals surface area contributed by atoms with Crippen LogP contribution in [0.1, 0.15) is 49.7 Å². The molecule has 0 fully saturated rings. The number of nitrogens with zero attached hydrogens (tertiary/aromatic N) is 1. The zero-order valence-corrected chi connectivity index (χ0v) is 22.4. The van der Waals surface area contributed by atoms with Crippen LogP contribution in [0.3, 0.4) is 0 Å². The Morgan fingerprint density at radius 3 is 2.57 bits per heavy atom. The molecule has 1 aliphatic heterocycles. The van der Waals surface area contributed by atoms with Crippen LogP contribution in [0.25, 0.3) is 0 Å². The summed E-state index contributed by atoms with van der Waals surface area (Å²) in [4.78, 5) is 31.7. The molecule has 8 heteroatoms. The summed E-state index contributed by atoms with van der Waals surface area (Å²) in [7, 11) is 3.15. The van der Waals surface area contributed by atoms with Crippen molar-refractivity contribution in [3.8, 4) is 11.5 Å². The zero-order chi connectivity index (χ0) is 26.5. The number of thioether (sulfide) groups is 1. The first-order valence-corrected chi connectivity index (χ1v) is 13.6. The molecule has 1 unspecified atom stereocenters. The average molecular weight is 526 g/mol. The maximum atomic E-state index is 15.1. The van der Waals surface area contributed by atoms with Crippen LogP contribution in [0.5, 0.6) is 11.5 Å². The van der Waals surface area contributed by atoms with Gasteiger partial charge in [-0.05, 0) is 54.3 Å². The summed E-state index contributed by atoms with van der Waals surface area (Å²) >= 11 is 1.67. The highest BCUT2D eigenvalue weighted by atomic mass is 32.2. The van der Waals surface area contributed by atoms with Gasteiger partial charge in [-0.25, -0.2) is 4.39 Å². The number of aliphatic imine (C=N–C) groups is 1. The number of halogens is 1. The van der Waals surface area contributed by atoms with Crippen molar-refractivity contribution in [3.63, 3.8) is 0 Å². The third kappa shape index (κ3) is 5.59. The lowest BCUT2D eigenvalue weighted by atomic mass is 9.69. The summed E-state index contributed by atoms with van der Waals surface area (Å²) in [5.74, 6) is -0.0375. The SMILES string of the molecule is CCSCCOC(=O)C1C(C)=NC2=C(C(=O)C[C@H](c3ccc(OC)c(OC)c3)C2)[C@H]1c1ccccc1F. The van der Waals surface area contributed by atoms with Gasteiger partial charge in [-0.3, -0.25) is 14.6 Å². The van der Waals surface area contributed by atoms with Gasteiger partial charge in [0.25, 0.3) is 0 Å². The Morgan fingerprint density at radius 1 is 1.11 bits per heavy atom. The molecule has 2 aliphatic rings. The standard InChI is InChI=1S/C29H32FNO5S/c1-5-37-13-12-36-29(33)26-17(2)31-22-14-19(18-10-11-24(34-3)25(16-18)35-4)15-23(32)28(22)27(26)20-8-6-7-9-21(20)30/h6-11,16,19,26-27H,5,12-15H2,1-4H3/t19-,26?,27+/m1/s1. The van der Waals surface area contributed by atoms with Crippen LogP contribution in [-0.2, 0) is 14.3 Å². The van der Waals surface area contributed by atoms with E-state index in [1.807, 2.05) is 25.1 Å². The van der Waals surface area contributed by atoms with E-state index in [0.29, 0.717) is 46.2 Å². The normalized spacial score (nSPS) is 21.3. The minimum Gasteiger partial charge on any atom is -0.493 e. The third-order valence-corrected chi connectivity index (χ3v) is 7.80. The number of allylic oxidation sites excluding steroid dienone is 2. The lowest BCUT2D eigenvalue weighted by Gasteiger charge is -2.36. The van der Waals surface area contributed by atoms with Gasteiger partial charge in [0.1, 0.15) is 18.3 Å². The molecule has 0 spiro atoms. The summed E-state index contributed by atoms with van der Waals surface area (Å²) in [6.45, 7) is 4.05. The molecule has 2 aromatic carbocycles. The molecule has 1 aliphatic carbocycles. The third-order valence-electron chi connectivity index (χ3n) is 6.94. The van der Waals surface area contributed by atoms with Crippen molar-refractivity contribution >= 4 is 29.2 Å². The van der Waals surface area contributed by atoms with Crippen molar-refractivity contribution in [2.45, 2.75) is 38.5 Å². The largest absolute Gasteiger partial charge is 0.493 e. The molecule has 2 aromatic rings. The summed E-state index contributed by atoms with van der Waals surface area (Å²) in [5, 5.41) is 0. The van der Waals surface area contributed by atoms with Crippen molar-refractivity contribution in [2.24, 2.45) is 10.9 Å².